The van der Waals surface area contributed by atoms with Crippen LogP contribution in [0.25, 0.3) is 6.08 Å². The second kappa shape index (κ2) is 3.74. The van der Waals surface area contributed by atoms with Gasteiger partial charge in [-0.15, -0.1) is 0 Å². The molecule has 0 bridgehead atoms. The number of hydrogen-bond acceptors (Lipinski definition) is 3. The highest BCUT2D eigenvalue weighted by atomic mass is 16.7. The maximum atomic E-state index is 5.47. The molecule has 1 aliphatic carbocycles. The van der Waals surface area contributed by atoms with Crippen LogP contribution in [0.5, 0.6) is 17.2 Å². The molecule has 3 heteroatoms. The minimum atomic E-state index is 0.290. The fourth-order valence-corrected chi connectivity index (χ4v) is 2.30. The van der Waals surface area contributed by atoms with Crippen LogP contribution in [0.1, 0.15) is 24.0 Å². The summed E-state index contributed by atoms with van der Waals surface area (Å²) in [6.45, 7) is 0.290. The van der Waals surface area contributed by atoms with Gasteiger partial charge in [-0.3, -0.25) is 0 Å². The first-order chi connectivity index (χ1) is 7.90. The van der Waals surface area contributed by atoms with Crippen molar-refractivity contribution in [2.75, 3.05) is 13.9 Å². The van der Waals surface area contributed by atoms with Crippen LogP contribution in [0, 0.1) is 0 Å². The maximum Gasteiger partial charge on any atom is 0.231 e. The molecule has 0 unspecified atom stereocenters. The summed E-state index contributed by atoms with van der Waals surface area (Å²) in [5, 5.41) is 0. The lowest BCUT2D eigenvalue weighted by Crippen LogP contribution is -1.97. The maximum absolute atomic E-state index is 5.47. The quantitative estimate of drug-likeness (QED) is 0.725. The van der Waals surface area contributed by atoms with Crippen LogP contribution in [-0.2, 0) is 6.42 Å². The molecular weight excluding hydrogens is 204 g/mol. The van der Waals surface area contributed by atoms with Crippen molar-refractivity contribution in [2.45, 2.75) is 19.3 Å². The molecule has 0 fully saturated rings. The van der Waals surface area contributed by atoms with Crippen molar-refractivity contribution < 1.29 is 14.2 Å². The molecule has 0 saturated heterocycles. The van der Waals surface area contributed by atoms with Crippen molar-refractivity contribution >= 4 is 6.08 Å². The molecule has 2 aliphatic rings. The average molecular weight is 218 g/mol. The van der Waals surface area contributed by atoms with Crippen molar-refractivity contribution in [1.82, 2.24) is 0 Å². The van der Waals surface area contributed by atoms with Gasteiger partial charge in [-0.25, -0.2) is 0 Å². The fraction of sp³-hybridized carbons (Fsp3) is 0.385. The average Bonchev–Trinajstić information content (AvgIpc) is 2.63. The van der Waals surface area contributed by atoms with Gasteiger partial charge in [-0.1, -0.05) is 12.2 Å². The summed E-state index contributed by atoms with van der Waals surface area (Å²) in [4.78, 5) is 0. The summed E-state index contributed by atoms with van der Waals surface area (Å²) >= 11 is 0. The smallest absolute Gasteiger partial charge is 0.231 e. The Morgan fingerprint density at radius 2 is 2.25 bits per heavy atom. The lowest BCUT2D eigenvalue weighted by molar-refractivity contribution is 0.171. The van der Waals surface area contributed by atoms with Gasteiger partial charge in [-0.2, -0.15) is 0 Å². The van der Waals surface area contributed by atoms with Gasteiger partial charge in [0.05, 0.1) is 7.11 Å². The molecule has 0 aromatic heterocycles. The molecule has 3 nitrogen and oxygen atoms in total. The second-order valence-electron chi connectivity index (χ2n) is 4.01. The minimum Gasteiger partial charge on any atom is -0.492 e. The van der Waals surface area contributed by atoms with E-state index in [1.165, 1.54) is 11.1 Å². The van der Waals surface area contributed by atoms with Crippen LogP contribution >= 0.6 is 0 Å². The third-order valence-electron chi connectivity index (χ3n) is 3.06. The first-order valence-corrected chi connectivity index (χ1v) is 5.56. The first kappa shape index (κ1) is 9.58. The molecule has 16 heavy (non-hydrogen) atoms. The Bertz CT molecular complexity index is 449. The van der Waals surface area contributed by atoms with Crippen molar-refractivity contribution in [3.63, 3.8) is 0 Å². The van der Waals surface area contributed by atoms with Gasteiger partial charge in [0, 0.05) is 5.56 Å². The highest BCUT2D eigenvalue weighted by Crippen LogP contribution is 2.46. The Kier molecular flexibility index (Phi) is 2.24. The standard InChI is InChI=1S/C13H14O3/c1-14-12-10-6-4-2-3-5-9(10)7-11-13(12)16-8-15-11/h3,5,7H,2,4,6,8H2,1H3. The zero-order chi connectivity index (χ0) is 11.0. The van der Waals surface area contributed by atoms with Crippen molar-refractivity contribution in [3.05, 3.63) is 23.3 Å². The lowest BCUT2D eigenvalue weighted by atomic mass is 10.0. The number of fused-ring (bicyclic) bond motifs is 2. The molecule has 0 atom stereocenters. The monoisotopic (exact) mass is 218 g/mol. The number of hydrogen-bond donors (Lipinski definition) is 0. The summed E-state index contributed by atoms with van der Waals surface area (Å²) in [5.41, 5.74) is 2.43. The molecule has 0 radical (unpaired) electrons. The zero-order valence-electron chi connectivity index (χ0n) is 9.29. The Morgan fingerprint density at radius 1 is 1.31 bits per heavy atom. The summed E-state index contributed by atoms with van der Waals surface area (Å²) in [5.74, 6) is 2.40. The van der Waals surface area contributed by atoms with Gasteiger partial charge >= 0.3 is 0 Å². The van der Waals surface area contributed by atoms with Crippen molar-refractivity contribution in [1.29, 1.82) is 0 Å². The molecule has 0 N–H and O–H groups in total. The van der Waals surface area contributed by atoms with Gasteiger partial charge in [0.2, 0.25) is 12.5 Å². The van der Waals surface area contributed by atoms with E-state index in [1.807, 2.05) is 6.07 Å². The Labute approximate surface area is 94.6 Å². The van der Waals surface area contributed by atoms with E-state index in [0.717, 1.165) is 36.5 Å². The second-order valence-corrected chi connectivity index (χ2v) is 4.01. The largest absolute Gasteiger partial charge is 0.492 e. The van der Waals surface area contributed by atoms with Crippen LogP contribution in [0.15, 0.2) is 12.1 Å². The van der Waals surface area contributed by atoms with E-state index >= 15 is 0 Å². The number of methoxy groups -OCH3 is 1. The van der Waals surface area contributed by atoms with Crippen LogP contribution in [0.3, 0.4) is 0 Å². The molecular formula is C13H14O3. The van der Waals surface area contributed by atoms with Crippen LogP contribution in [0.4, 0.5) is 0 Å². The molecule has 1 heterocycles. The number of rotatable bonds is 1. The topological polar surface area (TPSA) is 27.7 Å². The van der Waals surface area contributed by atoms with E-state index < -0.39 is 0 Å². The molecule has 0 saturated carbocycles. The van der Waals surface area contributed by atoms with Crippen molar-refractivity contribution in [3.8, 4) is 17.2 Å². The van der Waals surface area contributed by atoms with Gasteiger partial charge in [0.15, 0.2) is 11.5 Å². The Morgan fingerprint density at radius 3 is 3.12 bits per heavy atom. The molecule has 0 amide bonds. The van der Waals surface area contributed by atoms with Gasteiger partial charge in [0.25, 0.3) is 0 Å². The summed E-state index contributed by atoms with van der Waals surface area (Å²) < 4.78 is 16.3. The van der Waals surface area contributed by atoms with Crippen LogP contribution in [0.2, 0.25) is 0 Å². The van der Waals surface area contributed by atoms with Gasteiger partial charge < -0.3 is 14.2 Å². The van der Waals surface area contributed by atoms with E-state index in [4.69, 9.17) is 14.2 Å². The fourth-order valence-electron chi connectivity index (χ4n) is 2.30. The van der Waals surface area contributed by atoms with E-state index in [2.05, 4.69) is 12.2 Å². The van der Waals surface area contributed by atoms with E-state index in [0.29, 0.717) is 0 Å². The highest BCUT2D eigenvalue weighted by Gasteiger charge is 2.24. The SMILES string of the molecule is COc1c2c(cc3c1OCO3)C=CCCC2. The van der Waals surface area contributed by atoms with Crippen LogP contribution < -0.4 is 14.2 Å². The predicted octanol–water partition coefficient (Wildman–Crippen LogP) is 2.77. The predicted molar refractivity (Wildman–Crippen MR) is 61.1 cm³/mol. The molecule has 1 aromatic rings. The Hall–Kier alpha value is -1.64. The normalized spacial score (nSPS) is 16.8. The van der Waals surface area contributed by atoms with Gasteiger partial charge in [-0.05, 0) is 30.9 Å². The number of ether oxygens (including phenoxy) is 3. The zero-order valence-corrected chi connectivity index (χ0v) is 9.29. The Balaban J connectivity index is 2.21. The van der Waals surface area contributed by atoms with E-state index in [9.17, 15) is 0 Å². The molecule has 1 aromatic carbocycles. The highest BCUT2D eigenvalue weighted by molar-refractivity contribution is 5.68. The first-order valence-electron chi connectivity index (χ1n) is 5.56. The third kappa shape index (κ3) is 1.35. The van der Waals surface area contributed by atoms with Gasteiger partial charge in [0.1, 0.15) is 0 Å². The minimum absolute atomic E-state index is 0.290. The molecule has 84 valence electrons. The number of allylic oxidation sites excluding steroid dienone is 1. The van der Waals surface area contributed by atoms with E-state index in [-0.39, 0.29) is 6.79 Å². The molecule has 3 rings (SSSR count). The summed E-state index contributed by atoms with van der Waals surface area (Å²) in [7, 11) is 1.69. The number of benzene rings is 1. The van der Waals surface area contributed by atoms with Crippen molar-refractivity contribution in [2.24, 2.45) is 0 Å². The summed E-state index contributed by atoms with van der Waals surface area (Å²) in [6.07, 6.45) is 7.64. The molecule has 0 spiro atoms. The lowest BCUT2D eigenvalue weighted by Gasteiger charge is -2.12. The van der Waals surface area contributed by atoms with E-state index in [1.54, 1.807) is 7.11 Å². The summed E-state index contributed by atoms with van der Waals surface area (Å²) in [6, 6.07) is 2.04. The third-order valence-corrected chi connectivity index (χ3v) is 3.06. The van der Waals surface area contributed by atoms with Crippen LogP contribution in [-0.4, -0.2) is 13.9 Å². The molecule has 1 aliphatic heterocycles.